The number of aryl methyl sites for hydroxylation is 2. The zero-order chi connectivity index (χ0) is 19.7. The maximum atomic E-state index is 12.8. The zero-order valence-corrected chi connectivity index (χ0v) is 16.4. The summed E-state index contributed by atoms with van der Waals surface area (Å²) >= 11 is 0. The van der Waals surface area contributed by atoms with Crippen LogP contribution in [0.5, 0.6) is 11.5 Å². The van der Waals surface area contributed by atoms with Gasteiger partial charge in [0.2, 0.25) is 0 Å². The molecule has 1 aliphatic rings. The molecule has 0 radical (unpaired) electrons. The van der Waals surface area contributed by atoms with Gasteiger partial charge in [0.15, 0.2) is 11.5 Å². The van der Waals surface area contributed by atoms with Crippen molar-refractivity contribution in [3.05, 3.63) is 65.9 Å². The van der Waals surface area contributed by atoms with Crippen molar-refractivity contribution in [2.45, 2.75) is 18.7 Å². The van der Waals surface area contributed by atoms with E-state index in [1.54, 1.807) is 31.2 Å². The molecule has 0 saturated carbocycles. The van der Waals surface area contributed by atoms with Gasteiger partial charge in [-0.3, -0.25) is 4.72 Å². The Labute approximate surface area is 164 Å². The Morgan fingerprint density at radius 3 is 2.36 bits per heavy atom. The van der Waals surface area contributed by atoms with E-state index in [9.17, 15) is 8.42 Å². The third-order valence-electron chi connectivity index (χ3n) is 4.47. The summed E-state index contributed by atoms with van der Waals surface area (Å²) in [5.74, 6) is 1.72. The van der Waals surface area contributed by atoms with Crippen molar-refractivity contribution in [1.29, 1.82) is 0 Å². The molecule has 6 nitrogen and oxygen atoms in total. The highest BCUT2D eigenvalue weighted by atomic mass is 32.2. The minimum absolute atomic E-state index is 0.220. The Hall–Kier alpha value is -3.06. The summed E-state index contributed by atoms with van der Waals surface area (Å²) in [7, 11) is -3.73. The summed E-state index contributed by atoms with van der Waals surface area (Å²) in [4.78, 5) is 4.42. The number of nitrogens with zero attached hydrogens (tertiary/aromatic N) is 1. The summed E-state index contributed by atoms with van der Waals surface area (Å²) in [6, 6.07) is 16.2. The van der Waals surface area contributed by atoms with Crippen LogP contribution in [0.2, 0.25) is 0 Å². The number of hydrogen-bond donors (Lipinski definition) is 1. The molecule has 0 amide bonds. The molecule has 2 heterocycles. The highest BCUT2D eigenvalue weighted by molar-refractivity contribution is 7.92. The van der Waals surface area contributed by atoms with E-state index in [1.165, 1.54) is 0 Å². The fourth-order valence-corrected chi connectivity index (χ4v) is 4.37. The molecule has 28 heavy (non-hydrogen) atoms. The lowest BCUT2D eigenvalue weighted by molar-refractivity contribution is 0.171. The fourth-order valence-electron chi connectivity index (χ4n) is 3.15. The number of ether oxygens (including phenoxy) is 2. The van der Waals surface area contributed by atoms with E-state index in [0.29, 0.717) is 30.3 Å². The average Bonchev–Trinajstić information content (AvgIpc) is 2.67. The molecule has 0 bridgehead atoms. The Balaban J connectivity index is 1.64. The highest BCUT2D eigenvalue weighted by Gasteiger charge is 2.19. The molecule has 3 aromatic rings. The minimum Gasteiger partial charge on any atom is -0.486 e. The maximum absolute atomic E-state index is 12.8. The Morgan fingerprint density at radius 1 is 0.893 bits per heavy atom. The Kier molecular flexibility index (Phi) is 4.68. The van der Waals surface area contributed by atoms with Crippen LogP contribution < -0.4 is 14.2 Å². The predicted octanol–water partition coefficient (Wildman–Crippen LogP) is 3.94. The Bertz CT molecular complexity index is 1140. The molecule has 0 saturated heterocycles. The lowest BCUT2D eigenvalue weighted by atomic mass is 10.0. The number of aromatic nitrogens is 1. The van der Waals surface area contributed by atoms with Crippen molar-refractivity contribution >= 4 is 15.8 Å². The molecule has 0 spiro atoms. The third-order valence-corrected chi connectivity index (χ3v) is 5.98. The van der Waals surface area contributed by atoms with Gasteiger partial charge >= 0.3 is 0 Å². The summed E-state index contributed by atoms with van der Waals surface area (Å²) in [5.41, 5.74) is 3.23. The van der Waals surface area contributed by atoms with Crippen molar-refractivity contribution < 1.29 is 17.9 Å². The smallest absolute Gasteiger partial charge is 0.263 e. The molecule has 4 rings (SSSR count). The molecule has 0 fully saturated rings. The summed E-state index contributed by atoms with van der Waals surface area (Å²) in [6.45, 7) is 4.65. The molecule has 0 aliphatic carbocycles. The van der Waals surface area contributed by atoms with Gasteiger partial charge in [0.25, 0.3) is 10.0 Å². The molecule has 2 aromatic carbocycles. The highest BCUT2D eigenvalue weighted by Crippen LogP contribution is 2.35. The van der Waals surface area contributed by atoms with Gasteiger partial charge in [-0.1, -0.05) is 24.3 Å². The van der Waals surface area contributed by atoms with E-state index in [1.807, 2.05) is 37.3 Å². The SMILES string of the molecule is Cc1cccc(NS(=O)(=O)c2ccc(-c3ccc4c(c3)OCCO4)cc2C)n1. The zero-order valence-electron chi connectivity index (χ0n) is 15.6. The largest absolute Gasteiger partial charge is 0.486 e. The number of fused-ring (bicyclic) bond motifs is 1. The number of nitrogens with one attached hydrogen (secondary N) is 1. The quantitative estimate of drug-likeness (QED) is 0.723. The fraction of sp³-hybridized carbons (Fsp3) is 0.190. The Morgan fingerprint density at radius 2 is 1.61 bits per heavy atom. The monoisotopic (exact) mass is 396 g/mol. The van der Waals surface area contributed by atoms with Crippen molar-refractivity contribution in [3.63, 3.8) is 0 Å². The number of rotatable bonds is 4. The van der Waals surface area contributed by atoms with Crippen molar-refractivity contribution in [1.82, 2.24) is 4.98 Å². The number of anilines is 1. The van der Waals surface area contributed by atoms with E-state index < -0.39 is 10.0 Å². The summed E-state index contributed by atoms with van der Waals surface area (Å²) in [5, 5.41) is 0. The van der Waals surface area contributed by atoms with Crippen LogP contribution in [-0.4, -0.2) is 26.6 Å². The first-order valence-electron chi connectivity index (χ1n) is 8.89. The first-order chi connectivity index (χ1) is 13.4. The van der Waals surface area contributed by atoms with Gasteiger partial charge in [-0.05, 0) is 60.9 Å². The first-order valence-corrected chi connectivity index (χ1v) is 10.4. The van der Waals surface area contributed by atoms with Crippen LogP contribution in [-0.2, 0) is 10.0 Å². The number of sulfonamides is 1. The summed E-state index contributed by atoms with van der Waals surface area (Å²) in [6.07, 6.45) is 0. The van der Waals surface area contributed by atoms with Crippen LogP contribution in [0.25, 0.3) is 11.1 Å². The molecule has 7 heteroatoms. The molecule has 0 atom stereocenters. The van der Waals surface area contributed by atoms with Crippen LogP contribution in [0.15, 0.2) is 59.5 Å². The normalized spacial score (nSPS) is 13.2. The molecule has 1 aromatic heterocycles. The van der Waals surface area contributed by atoms with E-state index in [4.69, 9.17) is 9.47 Å². The lowest BCUT2D eigenvalue weighted by Crippen LogP contribution is -2.15. The second-order valence-electron chi connectivity index (χ2n) is 6.61. The second-order valence-corrected chi connectivity index (χ2v) is 8.26. The summed E-state index contributed by atoms with van der Waals surface area (Å²) < 4.78 is 39.3. The number of benzene rings is 2. The van der Waals surface area contributed by atoms with E-state index >= 15 is 0 Å². The molecule has 144 valence electrons. The van der Waals surface area contributed by atoms with Gasteiger partial charge in [0.05, 0.1) is 4.90 Å². The van der Waals surface area contributed by atoms with Gasteiger partial charge < -0.3 is 9.47 Å². The molecule has 0 unspecified atom stereocenters. The second kappa shape index (κ2) is 7.16. The van der Waals surface area contributed by atoms with E-state index in [0.717, 1.165) is 22.6 Å². The third kappa shape index (κ3) is 3.66. The van der Waals surface area contributed by atoms with E-state index in [2.05, 4.69) is 9.71 Å². The predicted molar refractivity (Wildman–Crippen MR) is 107 cm³/mol. The first kappa shape index (κ1) is 18.3. The number of pyridine rings is 1. The number of hydrogen-bond acceptors (Lipinski definition) is 5. The molecule has 1 aliphatic heterocycles. The lowest BCUT2D eigenvalue weighted by Gasteiger charge is -2.19. The van der Waals surface area contributed by atoms with Crippen LogP contribution in [0, 0.1) is 13.8 Å². The van der Waals surface area contributed by atoms with Gasteiger partial charge in [0, 0.05) is 5.69 Å². The van der Waals surface area contributed by atoms with Crippen LogP contribution in [0.1, 0.15) is 11.3 Å². The van der Waals surface area contributed by atoms with Gasteiger partial charge in [-0.2, -0.15) is 0 Å². The molecule has 1 N–H and O–H groups in total. The van der Waals surface area contributed by atoms with Gasteiger partial charge in [-0.25, -0.2) is 13.4 Å². The van der Waals surface area contributed by atoms with Crippen molar-refractivity contribution in [2.24, 2.45) is 0 Å². The van der Waals surface area contributed by atoms with Crippen molar-refractivity contribution in [2.75, 3.05) is 17.9 Å². The van der Waals surface area contributed by atoms with Gasteiger partial charge in [-0.15, -0.1) is 0 Å². The topological polar surface area (TPSA) is 77.5 Å². The minimum atomic E-state index is -3.73. The van der Waals surface area contributed by atoms with Crippen molar-refractivity contribution in [3.8, 4) is 22.6 Å². The molecular weight excluding hydrogens is 376 g/mol. The van der Waals surface area contributed by atoms with Crippen LogP contribution >= 0.6 is 0 Å². The maximum Gasteiger partial charge on any atom is 0.263 e. The standard InChI is InChI=1S/C21H20N2O4S/c1-14-12-16(17-6-8-18-19(13-17)27-11-10-26-18)7-9-20(14)28(24,25)23-21-5-3-4-15(2)22-21/h3-9,12-13H,10-11H2,1-2H3,(H,22,23). The van der Waals surface area contributed by atoms with Crippen LogP contribution in [0.3, 0.4) is 0 Å². The van der Waals surface area contributed by atoms with Crippen LogP contribution in [0.4, 0.5) is 5.82 Å². The average molecular weight is 396 g/mol. The van der Waals surface area contributed by atoms with Gasteiger partial charge in [0.1, 0.15) is 19.0 Å². The van der Waals surface area contributed by atoms with E-state index in [-0.39, 0.29) is 4.90 Å². The molecular formula is C21H20N2O4S.